The van der Waals surface area contributed by atoms with E-state index >= 15 is 0 Å². The van der Waals surface area contributed by atoms with Crippen LogP contribution in [0.15, 0.2) is 150 Å². The Kier molecular flexibility index (Phi) is 5.81. The van der Waals surface area contributed by atoms with E-state index in [1.54, 1.807) is 0 Å². The lowest BCUT2D eigenvalue weighted by atomic mass is 9.99. The van der Waals surface area contributed by atoms with Gasteiger partial charge in [0, 0.05) is 27.6 Å². The molecular formula is C41H24N4O. The van der Waals surface area contributed by atoms with Gasteiger partial charge in [-0.15, -0.1) is 0 Å². The highest BCUT2D eigenvalue weighted by molar-refractivity contribution is 6.14. The smallest absolute Gasteiger partial charge is 0.189 e. The molecule has 3 heterocycles. The second-order valence-corrected chi connectivity index (χ2v) is 11.3. The number of benzene rings is 6. The molecule has 0 bridgehead atoms. The Hall–Kier alpha value is -6.51. The van der Waals surface area contributed by atoms with E-state index in [9.17, 15) is 0 Å². The van der Waals surface area contributed by atoms with Crippen molar-refractivity contribution in [1.82, 2.24) is 14.5 Å². The van der Waals surface area contributed by atoms with Gasteiger partial charge in [-0.3, -0.25) is 0 Å². The first kappa shape index (κ1) is 25.9. The van der Waals surface area contributed by atoms with E-state index in [-0.39, 0.29) is 0 Å². The lowest BCUT2D eigenvalue weighted by molar-refractivity contribution is 0.667. The van der Waals surface area contributed by atoms with Crippen molar-refractivity contribution in [3.8, 4) is 39.5 Å². The number of hydrogen-bond donors (Lipinski definition) is 0. The third-order valence-corrected chi connectivity index (χ3v) is 8.60. The van der Waals surface area contributed by atoms with Crippen LogP contribution in [0.5, 0.6) is 0 Å². The number of aromatic nitrogens is 3. The molecule has 9 aromatic rings. The standard InChI is InChI=1S/C41H24N4O/c1-42-29-23-28(24-30(25-29)45-34-20-10-8-17-32(34)33-18-9-11-21-35(33)45)31-19-12-22-36-37(31)39-40(46-36)38(26-13-4-2-5-14-26)43-41(44-39)27-15-6-3-7-16-27/h2-25H. The topological polar surface area (TPSA) is 48.2 Å². The van der Waals surface area contributed by atoms with E-state index in [1.807, 2.05) is 84.9 Å². The second-order valence-electron chi connectivity index (χ2n) is 11.3. The van der Waals surface area contributed by atoms with Gasteiger partial charge in [-0.25, -0.2) is 14.8 Å². The summed E-state index contributed by atoms with van der Waals surface area (Å²) < 4.78 is 8.82. The van der Waals surface area contributed by atoms with Crippen LogP contribution in [0.1, 0.15) is 0 Å². The molecule has 0 saturated carbocycles. The Morgan fingerprint density at radius 3 is 1.93 bits per heavy atom. The van der Waals surface area contributed by atoms with Crippen LogP contribution in [0.4, 0.5) is 5.69 Å². The van der Waals surface area contributed by atoms with Crippen molar-refractivity contribution >= 4 is 49.6 Å². The maximum Gasteiger partial charge on any atom is 0.189 e. The Labute approximate surface area is 264 Å². The summed E-state index contributed by atoms with van der Waals surface area (Å²) in [6, 6.07) is 49.1. The molecule has 0 N–H and O–H groups in total. The van der Waals surface area contributed by atoms with Crippen molar-refractivity contribution in [2.45, 2.75) is 0 Å². The number of furan rings is 1. The molecule has 46 heavy (non-hydrogen) atoms. The summed E-state index contributed by atoms with van der Waals surface area (Å²) >= 11 is 0. The minimum atomic E-state index is 0.559. The van der Waals surface area contributed by atoms with E-state index in [0.29, 0.717) is 17.1 Å². The maximum atomic E-state index is 8.04. The maximum absolute atomic E-state index is 8.04. The summed E-state index contributed by atoms with van der Waals surface area (Å²) in [5.74, 6) is 0.630. The molecule has 9 rings (SSSR count). The van der Waals surface area contributed by atoms with E-state index in [0.717, 1.165) is 61.2 Å². The Balaban J connectivity index is 1.35. The number of nitrogens with zero attached hydrogens (tertiary/aromatic N) is 4. The average molecular weight is 589 g/mol. The van der Waals surface area contributed by atoms with E-state index in [4.69, 9.17) is 21.0 Å². The van der Waals surface area contributed by atoms with Gasteiger partial charge in [-0.05, 0) is 47.5 Å². The third kappa shape index (κ3) is 4.02. The van der Waals surface area contributed by atoms with Crippen molar-refractivity contribution in [3.05, 3.63) is 157 Å². The van der Waals surface area contributed by atoms with Crippen molar-refractivity contribution in [3.63, 3.8) is 0 Å². The van der Waals surface area contributed by atoms with Crippen LogP contribution >= 0.6 is 0 Å². The highest BCUT2D eigenvalue weighted by Crippen LogP contribution is 2.42. The van der Waals surface area contributed by atoms with Crippen LogP contribution in [0, 0.1) is 6.57 Å². The monoisotopic (exact) mass is 588 g/mol. The number of para-hydroxylation sites is 2. The summed E-state index contributed by atoms with van der Waals surface area (Å²) in [4.78, 5) is 14.1. The molecule has 6 aromatic carbocycles. The van der Waals surface area contributed by atoms with Crippen LogP contribution in [-0.4, -0.2) is 14.5 Å². The molecule has 3 aromatic heterocycles. The molecule has 0 aliphatic rings. The van der Waals surface area contributed by atoms with Gasteiger partial charge in [-0.1, -0.05) is 109 Å². The zero-order valence-electron chi connectivity index (χ0n) is 24.6. The summed E-state index contributed by atoms with van der Waals surface area (Å²) in [6.07, 6.45) is 0. The van der Waals surface area contributed by atoms with E-state index < -0.39 is 0 Å². The molecule has 0 aliphatic heterocycles. The Bertz CT molecular complexity index is 2590. The molecule has 214 valence electrons. The van der Waals surface area contributed by atoms with Gasteiger partial charge in [0.1, 0.15) is 16.8 Å². The largest absolute Gasteiger partial charge is 0.452 e. The molecule has 0 radical (unpaired) electrons. The summed E-state index contributed by atoms with van der Waals surface area (Å²) in [6.45, 7) is 8.04. The highest BCUT2D eigenvalue weighted by Gasteiger charge is 2.21. The fourth-order valence-electron chi connectivity index (χ4n) is 6.58. The lowest BCUT2D eigenvalue weighted by Gasteiger charge is -2.12. The number of hydrogen-bond acceptors (Lipinski definition) is 3. The van der Waals surface area contributed by atoms with Crippen molar-refractivity contribution in [1.29, 1.82) is 0 Å². The SMILES string of the molecule is [C-]#[N+]c1cc(-c2cccc3oc4c(-c5ccccc5)nc(-c5ccccc5)nc4c23)cc(-n2c3ccccc3c3ccccc32)c1. The molecule has 0 spiro atoms. The molecule has 0 unspecified atom stereocenters. The first-order valence-corrected chi connectivity index (χ1v) is 15.1. The molecule has 5 heteroatoms. The predicted octanol–water partition coefficient (Wildman–Crippen LogP) is 11.0. The average Bonchev–Trinajstić information content (AvgIpc) is 3.68. The van der Waals surface area contributed by atoms with Gasteiger partial charge < -0.3 is 8.98 Å². The van der Waals surface area contributed by atoms with Gasteiger partial charge in [0.2, 0.25) is 0 Å². The van der Waals surface area contributed by atoms with Gasteiger partial charge >= 0.3 is 0 Å². The summed E-state index contributed by atoms with van der Waals surface area (Å²) in [5, 5.41) is 3.24. The van der Waals surface area contributed by atoms with Gasteiger partial charge in [0.25, 0.3) is 0 Å². The molecule has 0 amide bonds. The number of rotatable bonds is 4. The third-order valence-electron chi connectivity index (χ3n) is 8.60. The minimum absolute atomic E-state index is 0.559. The van der Waals surface area contributed by atoms with Gasteiger partial charge in [0.05, 0.1) is 23.0 Å². The highest BCUT2D eigenvalue weighted by atomic mass is 16.3. The fourth-order valence-corrected chi connectivity index (χ4v) is 6.58. The van der Waals surface area contributed by atoms with Crippen LogP contribution in [-0.2, 0) is 0 Å². The van der Waals surface area contributed by atoms with E-state index in [2.05, 4.69) is 70.1 Å². The predicted molar refractivity (Wildman–Crippen MR) is 186 cm³/mol. The van der Waals surface area contributed by atoms with Crippen molar-refractivity contribution in [2.24, 2.45) is 0 Å². The normalized spacial score (nSPS) is 11.5. The molecule has 0 saturated heterocycles. The zero-order valence-corrected chi connectivity index (χ0v) is 24.6. The molecular weight excluding hydrogens is 564 g/mol. The van der Waals surface area contributed by atoms with Crippen LogP contribution in [0.2, 0.25) is 0 Å². The quantitative estimate of drug-likeness (QED) is 0.192. The van der Waals surface area contributed by atoms with E-state index in [1.165, 1.54) is 10.8 Å². The molecule has 0 aliphatic carbocycles. The van der Waals surface area contributed by atoms with Gasteiger partial charge in [-0.2, -0.15) is 0 Å². The first-order valence-electron chi connectivity index (χ1n) is 15.1. The van der Waals surface area contributed by atoms with Crippen LogP contribution in [0.3, 0.4) is 0 Å². The van der Waals surface area contributed by atoms with Gasteiger partial charge in [0.15, 0.2) is 17.1 Å². The van der Waals surface area contributed by atoms with Crippen molar-refractivity contribution in [2.75, 3.05) is 0 Å². The molecule has 0 fully saturated rings. The zero-order chi connectivity index (χ0) is 30.6. The van der Waals surface area contributed by atoms with Crippen molar-refractivity contribution < 1.29 is 4.42 Å². The van der Waals surface area contributed by atoms with Crippen LogP contribution < -0.4 is 0 Å². The first-order chi connectivity index (χ1) is 22.8. The number of fused-ring (bicyclic) bond motifs is 6. The van der Waals surface area contributed by atoms with Crippen LogP contribution in [0.25, 0.3) is 88.2 Å². The lowest BCUT2D eigenvalue weighted by Crippen LogP contribution is -1.95. The summed E-state index contributed by atoms with van der Waals surface area (Å²) in [7, 11) is 0. The Morgan fingerprint density at radius 1 is 0.587 bits per heavy atom. The fraction of sp³-hybridized carbons (Fsp3) is 0. The Morgan fingerprint density at radius 2 is 1.24 bits per heavy atom. The molecule has 5 nitrogen and oxygen atoms in total. The molecule has 0 atom stereocenters. The second kappa shape index (κ2) is 10.3. The minimum Gasteiger partial charge on any atom is -0.452 e. The summed E-state index contributed by atoms with van der Waals surface area (Å²) in [5.41, 5.74) is 10.3.